The second-order valence-electron chi connectivity index (χ2n) is 6.18. The van der Waals surface area contributed by atoms with Gasteiger partial charge in [-0.2, -0.15) is 0 Å². The first-order valence-electron chi connectivity index (χ1n) is 7.87. The third kappa shape index (κ3) is 2.70. The lowest BCUT2D eigenvalue weighted by Gasteiger charge is -2.22. The van der Waals surface area contributed by atoms with E-state index in [0.29, 0.717) is 17.7 Å². The van der Waals surface area contributed by atoms with Crippen molar-refractivity contribution in [2.75, 3.05) is 13.7 Å². The first kappa shape index (κ1) is 14.3. The van der Waals surface area contributed by atoms with Crippen LogP contribution in [0.2, 0.25) is 0 Å². The van der Waals surface area contributed by atoms with Gasteiger partial charge in [-0.15, -0.1) is 0 Å². The Morgan fingerprint density at radius 1 is 1.43 bits per heavy atom. The SMILES string of the molecule is COc1cccc(-c2cnc(C(=O)NC3CC4CC3CN4)o2)c1. The molecule has 23 heavy (non-hydrogen) atoms. The summed E-state index contributed by atoms with van der Waals surface area (Å²) in [4.78, 5) is 16.4. The maximum Gasteiger partial charge on any atom is 0.307 e. The van der Waals surface area contributed by atoms with Crippen molar-refractivity contribution in [3.05, 3.63) is 36.4 Å². The van der Waals surface area contributed by atoms with Crippen molar-refractivity contribution in [1.29, 1.82) is 0 Å². The smallest absolute Gasteiger partial charge is 0.307 e. The van der Waals surface area contributed by atoms with Crippen LogP contribution < -0.4 is 15.4 Å². The summed E-state index contributed by atoms with van der Waals surface area (Å²) in [5.74, 6) is 1.69. The van der Waals surface area contributed by atoms with Crippen molar-refractivity contribution >= 4 is 5.91 Å². The Kier molecular flexibility index (Phi) is 3.53. The molecule has 1 aromatic carbocycles. The molecule has 2 aromatic rings. The van der Waals surface area contributed by atoms with Gasteiger partial charge < -0.3 is 19.8 Å². The predicted molar refractivity (Wildman–Crippen MR) is 84.3 cm³/mol. The Bertz CT molecular complexity index is 727. The van der Waals surface area contributed by atoms with Crippen LogP contribution in [0.15, 0.2) is 34.9 Å². The Labute approximate surface area is 134 Å². The van der Waals surface area contributed by atoms with Gasteiger partial charge in [0.25, 0.3) is 5.89 Å². The monoisotopic (exact) mass is 313 g/mol. The topological polar surface area (TPSA) is 76.4 Å². The van der Waals surface area contributed by atoms with Crippen molar-refractivity contribution in [2.45, 2.75) is 24.9 Å². The van der Waals surface area contributed by atoms with E-state index in [9.17, 15) is 4.79 Å². The summed E-state index contributed by atoms with van der Waals surface area (Å²) in [6.07, 6.45) is 3.71. The molecule has 2 aliphatic rings. The molecule has 0 spiro atoms. The number of fused-ring (bicyclic) bond motifs is 2. The lowest BCUT2D eigenvalue weighted by Crippen LogP contribution is -2.44. The van der Waals surface area contributed by atoms with E-state index in [4.69, 9.17) is 9.15 Å². The maximum atomic E-state index is 12.3. The van der Waals surface area contributed by atoms with Crippen molar-refractivity contribution in [2.24, 2.45) is 5.92 Å². The number of amides is 1. The zero-order valence-corrected chi connectivity index (χ0v) is 12.9. The Morgan fingerprint density at radius 3 is 3.09 bits per heavy atom. The molecule has 2 fully saturated rings. The highest BCUT2D eigenvalue weighted by molar-refractivity contribution is 5.90. The van der Waals surface area contributed by atoms with Gasteiger partial charge >= 0.3 is 5.91 Å². The van der Waals surface area contributed by atoms with E-state index in [-0.39, 0.29) is 17.8 Å². The number of rotatable bonds is 4. The zero-order chi connectivity index (χ0) is 15.8. The highest BCUT2D eigenvalue weighted by Gasteiger charge is 2.40. The number of piperidine rings is 1. The van der Waals surface area contributed by atoms with Crippen LogP contribution >= 0.6 is 0 Å². The highest BCUT2D eigenvalue weighted by atomic mass is 16.5. The minimum absolute atomic E-state index is 0.110. The second-order valence-corrected chi connectivity index (χ2v) is 6.18. The van der Waals surface area contributed by atoms with Gasteiger partial charge in [-0.3, -0.25) is 4.79 Å². The van der Waals surface area contributed by atoms with Crippen LogP contribution in [0.1, 0.15) is 23.5 Å². The molecule has 3 unspecified atom stereocenters. The Hall–Kier alpha value is -2.34. The largest absolute Gasteiger partial charge is 0.497 e. The third-order valence-corrected chi connectivity index (χ3v) is 4.73. The molecular formula is C17H19N3O3. The number of hydrogen-bond donors (Lipinski definition) is 2. The van der Waals surface area contributed by atoms with Crippen LogP contribution in [0.25, 0.3) is 11.3 Å². The Morgan fingerprint density at radius 2 is 2.35 bits per heavy atom. The number of hydrogen-bond acceptors (Lipinski definition) is 5. The normalized spacial score (nSPS) is 25.5. The fourth-order valence-electron chi connectivity index (χ4n) is 3.53. The quantitative estimate of drug-likeness (QED) is 0.900. The molecule has 6 nitrogen and oxygen atoms in total. The Balaban J connectivity index is 1.47. The van der Waals surface area contributed by atoms with Crippen LogP contribution in [-0.2, 0) is 0 Å². The lowest BCUT2D eigenvalue weighted by molar-refractivity contribution is 0.0890. The van der Waals surface area contributed by atoms with E-state index >= 15 is 0 Å². The number of nitrogens with zero attached hydrogens (tertiary/aromatic N) is 1. The second kappa shape index (κ2) is 5.70. The summed E-state index contributed by atoms with van der Waals surface area (Å²) >= 11 is 0. The first-order valence-corrected chi connectivity index (χ1v) is 7.87. The van der Waals surface area contributed by atoms with Gasteiger partial charge in [-0.05, 0) is 30.9 Å². The molecule has 2 bridgehead atoms. The number of carbonyl (C=O) groups excluding carboxylic acids is 1. The van der Waals surface area contributed by atoms with Gasteiger partial charge in [-0.25, -0.2) is 4.98 Å². The summed E-state index contributed by atoms with van der Waals surface area (Å²) in [7, 11) is 1.61. The molecule has 1 saturated heterocycles. The lowest BCUT2D eigenvalue weighted by atomic mass is 10.0. The number of nitrogens with one attached hydrogen (secondary N) is 2. The molecule has 1 aliphatic carbocycles. The summed E-state index contributed by atoms with van der Waals surface area (Å²) in [5.41, 5.74) is 0.833. The molecule has 4 rings (SSSR count). The molecule has 3 atom stereocenters. The average molecular weight is 313 g/mol. The molecule has 1 saturated carbocycles. The standard InChI is InChI=1S/C17H19N3O3/c1-22-13-4-2-3-10(6-13)15-9-19-17(23-15)16(21)20-14-7-12-5-11(14)8-18-12/h2-4,6,9,11-12,14,18H,5,7-8H2,1H3,(H,20,21). The van der Waals surface area contributed by atoms with E-state index in [0.717, 1.165) is 30.7 Å². The van der Waals surface area contributed by atoms with E-state index in [1.165, 1.54) is 0 Å². The molecule has 120 valence electrons. The summed E-state index contributed by atoms with van der Waals surface area (Å²) in [6, 6.07) is 8.24. The van der Waals surface area contributed by atoms with Crippen LogP contribution in [0.5, 0.6) is 5.75 Å². The molecule has 1 amide bonds. The number of aromatic nitrogens is 1. The van der Waals surface area contributed by atoms with Gasteiger partial charge in [-0.1, -0.05) is 12.1 Å². The van der Waals surface area contributed by atoms with E-state index < -0.39 is 0 Å². The fraction of sp³-hybridized carbons (Fsp3) is 0.412. The van der Waals surface area contributed by atoms with Crippen LogP contribution in [0, 0.1) is 5.92 Å². The van der Waals surface area contributed by atoms with Crippen molar-refractivity contribution < 1.29 is 13.9 Å². The van der Waals surface area contributed by atoms with Crippen molar-refractivity contribution in [3.8, 4) is 17.1 Å². The van der Waals surface area contributed by atoms with Gasteiger partial charge in [0, 0.05) is 24.2 Å². The van der Waals surface area contributed by atoms with Crippen molar-refractivity contribution in [3.63, 3.8) is 0 Å². The maximum absolute atomic E-state index is 12.3. The molecular weight excluding hydrogens is 294 g/mol. The minimum atomic E-state index is -0.239. The van der Waals surface area contributed by atoms with E-state index in [1.807, 2.05) is 24.3 Å². The average Bonchev–Trinajstić information content (AvgIpc) is 3.31. The highest BCUT2D eigenvalue weighted by Crippen LogP contribution is 2.31. The fourth-order valence-corrected chi connectivity index (χ4v) is 3.53. The minimum Gasteiger partial charge on any atom is -0.497 e. The van der Waals surface area contributed by atoms with Crippen LogP contribution in [0.4, 0.5) is 0 Å². The van der Waals surface area contributed by atoms with E-state index in [2.05, 4.69) is 15.6 Å². The number of oxazole rings is 1. The number of benzene rings is 1. The molecule has 2 N–H and O–H groups in total. The molecule has 1 aliphatic heterocycles. The molecule has 6 heteroatoms. The number of methoxy groups -OCH3 is 1. The number of ether oxygens (including phenoxy) is 1. The first-order chi connectivity index (χ1) is 11.2. The molecule has 0 radical (unpaired) electrons. The van der Waals surface area contributed by atoms with Crippen LogP contribution in [-0.4, -0.2) is 36.6 Å². The van der Waals surface area contributed by atoms with Crippen molar-refractivity contribution in [1.82, 2.24) is 15.6 Å². The van der Waals surface area contributed by atoms with E-state index in [1.54, 1.807) is 13.3 Å². The number of carbonyl (C=O) groups is 1. The summed E-state index contributed by atoms with van der Waals surface area (Å²) in [6.45, 7) is 0.982. The predicted octanol–water partition coefficient (Wildman–Crippen LogP) is 1.83. The summed E-state index contributed by atoms with van der Waals surface area (Å²) in [5, 5.41) is 6.49. The zero-order valence-electron chi connectivity index (χ0n) is 12.9. The molecule has 1 aromatic heterocycles. The molecule has 2 heterocycles. The van der Waals surface area contributed by atoms with Crippen LogP contribution in [0.3, 0.4) is 0 Å². The summed E-state index contributed by atoms with van der Waals surface area (Å²) < 4.78 is 10.8. The van der Waals surface area contributed by atoms with Gasteiger partial charge in [0.2, 0.25) is 0 Å². The van der Waals surface area contributed by atoms with Gasteiger partial charge in [0.15, 0.2) is 5.76 Å². The third-order valence-electron chi connectivity index (χ3n) is 4.73. The van der Waals surface area contributed by atoms with Gasteiger partial charge in [0.1, 0.15) is 5.75 Å². The van der Waals surface area contributed by atoms with Gasteiger partial charge in [0.05, 0.1) is 13.3 Å².